The molecule has 2 N–H and O–H groups in total. The Labute approximate surface area is 129 Å². The Morgan fingerprint density at radius 1 is 1.41 bits per heavy atom. The van der Waals surface area contributed by atoms with Crippen LogP contribution in [0.4, 0.5) is 0 Å². The summed E-state index contributed by atoms with van der Waals surface area (Å²) in [5, 5.41) is 13.4. The third-order valence-electron chi connectivity index (χ3n) is 3.03. The van der Waals surface area contributed by atoms with Crippen molar-refractivity contribution in [2.45, 2.75) is 33.6 Å². The average molecular weight is 327 g/mol. The summed E-state index contributed by atoms with van der Waals surface area (Å²) in [7, 11) is -3.56. The van der Waals surface area contributed by atoms with Crippen LogP contribution in [0.5, 0.6) is 5.88 Å². The van der Waals surface area contributed by atoms with Crippen molar-refractivity contribution in [2.24, 2.45) is 10.6 Å². The summed E-state index contributed by atoms with van der Waals surface area (Å²) < 4.78 is 29.7. The van der Waals surface area contributed by atoms with Gasteiger partial charge in [-0.25, -0.2) is 18.5 Å². The molecule has 2 heterocycles. The zero-order valence-electron chi connectivity index (χ0n) is 13.0. The second-order valence-electron chi connectivity index (χ2n) is 6.09. The Kier molecular flexibility index (Phi) is 4.66. The third kappa shape index (κ3) is 4.38. The molecule has 8 nitrogen and oxygen atoms in total. The summed E-state index contributed by atoms with van der Waals surface area (Å²) in [6.45, 7) is 5.81. The number of nitrogens with two attached hydrogens (primary N) is 1. The van der Waals surface area contributed by atoms with Gasteiger partial charge in [0.25, 0.3) is 0 Å². The van der Waals surface area contributed by atoms with E-state index >= 15 is 0 Å². The molecule has 2 aromatic heterocycles. The highest BCUT2D eigenvalue weighted by Gasteiger charge is 2.26. The fourth-order valence-electron chi connectivity index (χ4n) is 2.20. The predicted molar refractivity (Wildman–Crippen MR) is 82.0 cm³/mol. The lowest BCUT2D eigenvalue weighted by atomic mass is 9.98. The molecular formula is C13H21N5O3S. The predicted octanol–water partition coefficient (Wildman–Crippen LogP) is 0.770. The minimum absolute atomic E-state index is 0.158. The van der Waals surface area contributed by atoms with E-state index in [4.69, 9.17) is 9.88 Å². The van der Waals surface area contributed by atoms with E-state index in [1.807, 2.05) is 6.07 Å². The van der Waals surface area contributed by atoms with Crippen LogP contribution in [0, 0.1) is 5.41 Å². The molecule has 2 rings (SSSR count). The Hall–Kier alpha value is -1.74. The van der Waals surface area contributed by atoms with Gasteiger partial charge in [-0.1, -0.05) is 27.2 Å². The lowest BCUT2D eigenvalue weighted by molar-refractivity contribution is 0.189. The quantitative estimate of drug-likeness (QED) is 0.803. The molecule has 0 aliphatic heterocycles. The van der Waals surface area contributed by atoms with E-state index in [1.54, 1.807) is 13.8 Å². The van der Waals surface area contributed by atoms with Gasteiger partial charge in [0.1, 0.15) is 6.33 Å². The molecule has 0 atom stereocenters. The fourth-order valence-corrected chi connectivity index (χ4v) is 3.38. The molecular weight excluding hydrogens is 306 g/mol. The zero-order chi connectivity index (χ0) is 16.4. The smallest absolute Gasteiger partial charge is 0.236 e. The van der Waals surface area contributed by atoms with Gasteiger partial charge in [0, 0.05) is 11.0 Å². The first-order chi connectivity index (χ1) is 10.2. The standard InChI is InChI=1S/C13H21N5O3S/c1-4-5-10-6-11-15-9-16-18(11)17-12(10)21-7-13(2,3)8-22(14,19)20/h6,9H,4-5,7-8H2,1-3H3,(H2,14,19,20). The van der Waals surface area contributed by atoms with Crippen LogP contribution in [0.25, 0.3) is 5.65 Å². The molecule has 122 valence electrons. The minimum atomic E-state index is -3.56. The molecule has 0 saturated heterocycles. The number of primary sulfonamides is 1. The SMILES string of the molecule is CCCc1cc2ncnn2nc1OCC(C)(C)CS(N)(=O)=O. The van der Waals surface area contributed by atoms with Crippen molar-refractivity contribution in [2.75, 3.05) is 12.4 Å². The molecule has 0 radical (unpaired) electrons. The van der Waals surface area contributed by atoms with Gasteiger partial charge in [0.15, 0.2) is 5.65 Å². The monoisotopic (exact) mass is 327 g/mol. The highest BCUT2D eigenvalue weighted by Crippen LogP contribution is 2.23. The van der Waals surface area contributed by atoms with E-state index in [-0.39, 0.29) is 12.4 Å². The van der Waals surface area contributed by atoms with Crippen LogP contribution in [-0.4, -0.2) is 40.6 Å². The van der Waals surface area contributed by atoms with Gasteiger partial charge in [-0.2, -0.15) is 0 Å². The summed E-state index contributed by atoms with van der Waals surface area (Å²) in [5.41, 5.74) is 0.963. The summed E-state index contributed by atoms with van der Waals surface area (Å²) in [4.78, 5) is 4.10. The molecule has 22 heavy (non-hydrogen) atoms. The van der Waals surface area contributed by atoms with Crippen molar-refractivity contribution in [1.82, 2.24) is 19.8 Å². The van der Waals surface area contributed by atoms with E-state index in [2.05, 4.69) is 22.1 Å². The average Bonchev–Trinajstić information content (AvgIpc) is 2.80. The van der Waals surface area contributed by atoms with E-state index in [0.717, 1.165) is 18.4 Å². The van der Waals surface area contributed by atoms with Gasteiger partial charge in [0.2, 0.25) is 15.9 Å². The lowest BCUT2D eigenvalue weighted by Crippen LogP contribution is -2.34. The first kappa shape index (κ1) is 16.6. The molecule has 9 heteroatoms. The first-order valence-electron chi connectivity index (χ1n) is 7.03. The van der Waals surface area contributed by atoms with Crippen molar-refractivity contribution in [3.63, 3.8) is 0 Å². The van der Waals surface area contributed by atoms with Crippen molar-refractivity contribution >= 4 is 15.7 Å². The molecule has 0 aliphatic carbocycles. The second kappa shape index (κ2) is 6.17. The lowest BCUT2D eigenvalue weighted by Gasteiger charge is -2.23. The number of aromatic nitrogens is 4. The summed E-state index contributed by atoms with van der Waals surface area (Å²) in [6.07, 6.45) is 3.15. The molecule has 0 aliphatic rings. The Morgan fingerprint density at radius 3 is 2.77 bits per heavy atom. The van der Waals surface area contributed by atoms with Crippen molar-refractivity contribution in [3.8, 4) is 5.88 Å². The van der Waals surface area contributed by atoms with Gasteiger partial charge >= 0.3 is 0 Å². The Bertz CT molecular complexity index is 754. The fraction of sp³-hybridized carbons (Fsp3) is 0.615. The number of fused-ring (bicyclic) bond motifs is 1. The summed E-state index contributed by atoms with van der Waals surface area (Å²) in [6, 6.07) is 1.88. The van der Waals surface area contributed by atoms with Crippen molar-refractivity contribution < 1.29 is 13.2 Å². The normalized spacial score (nSPS) is 12.7. The number of rotatable bonds is 7. The maximum absolute atomic E-state index is 11.3. The van der Waals surface area contributed by atoms with Crippen LogP contribution in [0.3, 0.4) is 0 Å². The highest BCUT2D eigenvalue weighted by molar-refractivity contribution is 7.89. The van der Waals surface area contributed by atoms with Gasteiger partial charge in [-0.05, 0) is 12.5 Å². The Balaban J connectivity index is 2.20. The number of hydrogen-bond donors (Lipinski definition) is 1. The van der Waals surface area contributed by atoms with E-state index in [1.165, 1.54) is 11.0 Å². The second-order valence-corrected chi connectivity index (χ2v) is 7.71. The van der Waals surface area contributed by atoms with Crippen molar-refractivity contribution in [1.29, 1.82) is 0 Å². The van der Waals surface area contributed by atoms with Crippen molar-refractivity contribution in [3.05, 3.63) is 18.0 Å². The third-order valence-corrected chi connectivity index (χ3v) is 4.21. The maximum atomic E-state index is 11.3. The van der Waals surface area contributed by atoms with Crippen LogP contribution in [-0.2, 0) is 16.4 Å². The molecule has 0 unspecified atom stereocenters. The Morgan fingerprint density at radius 2 is 2.14 bits per heavy atom. The largest absolute Gasteiger partial charge is 0.476 e. The van der Waals surface area contributed by atoms with Gasteiger partial charge in [0.05, 0.1) is 12.4 Å². The molecule has 0 spiro atoms. The van der Waals surface area contributed by atoms with E-state index < -0.39 is 15.4 Å². The van der Waals surface area contributed by atoms with Crippen LogP contribution in [0.2, 0.25) is 0 Å². The number of ether oxygens (including phenoxy) is 1. The number of hydrogen-bond acceptors (Lipinski definition) is 6. The van der Waals surface area contributed by atoms with Crippen LogP contribution in [0.1, 0.15) is 32.8 Å². The summed E-state index contributed by atoms with van der Waals surface area (Å²) in [5.74, 6) is 0.289. The topological polar surface area (TPSA) is 112 Å². The maximum Gasteiger partial charge on any atom is 0.236 e. The molecule has 0 amide bonds. The zero-order valence-corrected chi connectivity index (χ0v) is 13.8. The molecule has 2 aromatic rings. The van der Waals surface area contributed by atoms with Gasteiger partial charge in [-0.15, -0.1) is 14.8 Å². The van der Waals surface area contributed by atoms with E-state index in [0.29, 0.717) is 11.5 Å². The number of nitrogens with zero attached hydrogens (tertiary/aromatic N) is 4. The number of aryl methyl sites for hydroxylation is 1. The minimum Gasteiger partial charge on any atom is -0.476 e. The van der Waals surface area contributed by atoms with Crippen LogP contribution in [0.15, 0.2) is 12.4 Å². The molecule has 0 saturated carbocycles. The molecule has 0 aromatic carbocycles. The van der Waals surface area contributed by atoms with E-state index in [9.17, 15) is 8.42 Å². The van der Waals surface area contributed by atoms with Gasteiger partial charge < -0.3 is 4.74 Å². The van der Waals surface area contributed by atoms with Gasteiger partial charge in [-0.3, -0.25) is 0 Å². The molecule has 0 fully saturated rings. The highest BCUT2D eigenvalue weighted by atomic mass is 32.2. The first-order valence-corrected chi connectivity index (χ1v) is 8.75. The number of sulfonamides is 1. The molecule has 0 bridgehead atoms. The summed E-state index contributed by atoms with van der Waals surface area (Å²) >= 11 is 0. The van der Waals surface area contributed by atoms with Crippen LogP contribution >= 0.6 is 0 Å². The van der Waals surface area contributed by atoms with Crippen LogP contribution < -0.4 is 9.88 Å².